The third kappa shape index (κ3) is 20.5. The van der Waals surface area contributed by atoms with E-state index < -0.39 is 183 Å². The third-order valence-corrected chi connectivity index (χ3v) is 19.6. The molecule has 5 aliphatic heterocycles. The van der Waals surface area contributed by atoms with Gasteiger partial charge in [0.1, 0.15) is 120 Å². The molecule has 482 valence electrons. The highest BCUT2D eigenvalue weighted by molar-refractivity contribution is 8.00. The van der Waals surface area contributed by atoms with Crippen LogP contribution in [0.2, 0.25) is 0 Å². The number of aliphatic hydroxyl groups is 18. The van der Waals surface area contributed by atoms with E-state index in [1.54, 1.807) is 6.92 Å². The van der Waals surface area contributed by atoms with Crippen LogP contribution in [0.4, 0.5) is 0 Å². The van der Waals surface area contributed by atoms with Crippen LogP contribution >= 0.6 is 59.3 Å². The summed E-state index contributed by atoms with van der Waals surface area (Å²) >= 11 is 10.6. The van der Waals surface area contributed by atoms with Crippen molar-refractivity contribution in [1.82, 2.24) is 10.6 Å². The number of ether oxygens (including phenoxy) is 9. The van der Waals surface area contributed by atoms with Crippen molar-refractivity contribution in [3.63, 3.8) is 0 Å². The summed E-state index contributed by atoms with van der Waals surface area (Å²) in [6.07, 6.45) is -28.6. The number of aliphatic hydroxyl groups excluding tert-OH is 18. The van der Waals surface area contributed by atoms with E-state index in [2.05, 4.69) is 10.6 Å². The van der Waals surface area contributed by atoms with E-state index in [0.29, 0.717) is 54.6 Å². The van der Waals surface area contributed by atoms with Crippen LogP contribution in [0.3, 0.4) is 0 Å². The van der Waals surface area contributed by atoms with E-state index in [4.69, 9.17) is 54.8 Å². The molecule has 29 nitrogen and oxygen atoms in total. The fourth-order valence-corrected chi connectivity index (χ4v) is 13.9. The standard InChI is InChI=1S/C48H88N2O27S5/c1-22-27(72-42(68)36(63)28(22)55)17-79-12-5-49-47(78)50-18-48(19-69-6-2-9-80-44-38(65)33(60)30(57)24(14-52)74-44,20-70-7-3-10-81-45-39(66)34(61)31(58)25(15-53)75-45)21-71-8-4-11-82-46-40(67)35(62)41(26(16-54)76-46)77-43-37(64)32(59)29(56)23(13-51)73-43/h22-46,51-68H,2-21H2,1H3,(H2,49,50,78)/t22-,23?,24?,25?,26?,27?,28?,29-,30-,31-,32?,33?,34?,35?,36+,37+,38+,39+,40+,41-,42+,43-,44-,45-,46-,48?/m0/s1. The van der Waals surface area contributed by atoms with Gasteiger partial charge < -0.3 is 145 Å². The molecule has 5 heterocycles. The van der Waals surface area contributed by atoms with Gasteiger partial charge in [-0.05, 0) is 48.7 Å². The van der Waals surface area contributed by atoms with Crippen molar-refractivity contribution in [2.75, 3.05) is 108 Å². The highest BCUT2D eigenvalue weighted by atomic mass is 32.2. The average Bonchev–Trinajstić information content (AvgIpc) is 3.63. The second-order valence-electron chi connectivity index (χ2n) is 20.8. The molecule has 25 atom stereocenters. The number of rotatable bonds is 34. The minimum absolute atomic E-state index is 0.0270. The maximum absolute atomic E-state index is 11.1. The van der Waals surface area contributed by atoms with Gasteiger partial charge in [-0.3, -0.25) is 0 Å². The topological polar surface area (TPSA) is 471 Å². The molecule has 0 amide bonds. The second-order valence-corrected chi connectivity index (χ2v) is 26.0. The highest BCUT2D eigenvalue weighted by Crippen LogP contribution is 2.35. The Kier molecular flexibility index (Phi) is 32.5. The van der Waals surface area contributed by atoms with Crippen LogP contribution in [0.25, 0.3) is 0 Å². The number of hydrogen-bond acceptors (Lipinski definition) is 32. The number of thioether (sulfide) groups is 4. The molecule has 5 rings (SSSR count). The Labute approximate surface area is 497 Å². The van der Waals surface area contributed by atoms with Crippen molar-refractivity contribution in [3.05, 3.63) is 0 Å². The zero-order chi connectivity index (χ0) is 60.3. The lowest BCUT2D eigenvalue weighted by Gasteiger charge is -2.46. The van der Waals surface area contributed by atoms with E-state index in [9.17, 15) is 91.9 Å². The van der Waals surface area contributed by atoms with Crippen molar-refractivity contribution in [3.8, 4) is 0 Å². The van der Waals surface area contributed by atoms with Crippen molar-refractivity contribution in [2.24, 2.45) is 11.3 Å². The third-order valence-electron chi connectivity index (χ3n) is 14.5. The van der Waals surface area contributed by atoms with E-state index in [1.807, 2.05) is 0 Å². The normalized spacial score (nSPS) is 40.8. The first-order chi connectivity index (χ1) is 39.1. The Bertz CT molecular complexity index is 1740. The van der Waals surface area contributed by atoms with Gasteiger partial charge in [0, 0.05) is 50.3 Å². The Morgan fingerprint density at radius 1 is 0.463 bits per heavy atom. The summed E-state index contributed by atoms with van der Waals surface area (Å²) in [6, 6.07) is 0. The minimum atomic E-state index is -1.82. The first-order valence-corrected chi connectivity index (χ1v) is 31.9. The number of thiocarbonyl (C=S) groups is 1. The summed E-state index contributed by atoms with van der Waals surface area (Å²) in [5, 5.41) is 191. The van der Waals surface area contributed by atoms with E-state index >= 15 is 0 Å². The lowest BCUT2D eigenvalue weighted by Crippen LogP contribution is -2.64. The molecule has 82 heavy (non-hydrogen) atoms. The van der Waals surface area contributed by atoms with Crippen LogP contribution in [0.15, 0.2) is 0 Å². The van der Waals surface area contributed by atoms with Crippen LogP contribution in [0.1, 0.15) is 26.2 Å². The fourth-order valence-electron chi connectivity index (χ4n) is 9.37. The maximum atomic E-state index is 11.1. The summed E-state index contributed by atoms with van der Waals surface area (Å²) in [6.45, 7) is 0.326. The molecule has 5 aliphatic rings. The first-order valence-electron chi connectivity index (χ1n) is 27.2. The number of nitrogens with one attached hydrogen (secondary N) is 2. The first kappa shape index (κ1) is 72.8. The maximum Gasteiger partial charge on any atom is 0.187 e. The van der Waals surface area contributed by atoms with Crippen LogP contribution < -0.4 is 10.6 Å². The van der Waals surface area contributed by atoms with Gasteiger partial charge in [0.25, 0.3) is 0 Å². The van der Waals surface area contributed by atoms with Crippen molar-refractivity contribution in [2.45, 2.75) is 171 Å². The summed E-state index contributed by atoms with van der Waals surface area (Å²) in [7, 11) is 0. The van der Waals surface area contributed by atoms with Gasteiger partial charge in [0.05, 0.1) is 63.9 Å². The predicted molar refractivity (Wildman–Crippen MR) is 298 cm³/mol. The monoisotopic (exact) mass is 1280 g/mol. The predicted octanol–water partition coefficient (Wildman–Crippen LogP) is -8.11. The zero-order valence-corrected chi connectivity index (χ0v) is 49.4. The SMILES string of the molecule is C[C@H]1C(CSCCNC(=S)NCC(COCCCS[C@@H]2OC(CO)[C@H](O)C(O)[C@H]2O)(COCCCS[C@@H]2OC(CO)[C@H](O)C(O)[C@H]2O)COCCCS[C@@H]2OC(CO)[C@H](O[C@@H]3OC(CO)[C@H](O)C(O)[C@H]3O)C(O)[C@H]2O)O[C@@H](O)[C@H](O)C1O. The van der Waals surface area contributed by atoms with Gasteiger partial charge in [-0.1, -0.05) is 6.92 Å². The molecule has 0 spiro atoms. The summed E-state index contributed by atoms with van der Waals surface area (Å²) in [4.78, 5) is 0. The molecule has 5 fully saturated rings. The molecule has 0 saturated carbocycles. The van der Waals surface area contributed by atoms with Gasteiger partial charge in [-0.15, -0.1) is 35.3 Å². The second kappa shape index (κ2) is 36.6. The van der Waals surface area contributed by atoms with Crippen LogP contribution in [-0.2, 0) is 42.6 Å². The molecule has 0 aromatic rings. The molecular formula is C48H88N2O27S5. The van der Waals surface area contributed by atoms with Gasteiger partial charge in [0.15, 0.2) is 17.7 Å². The molecule has 10 unspecified atom stereocenters. The van der Waals surface area contributed by atoms with E-state index in [-0.39, 0.29) is 51.3 Å². The molecular weight excluding hydrogens is 1200 g/mol. The minimum Gasteiger partial charge on any atom is -0.394 e. The van der Waals surface area contributed by atoms with Gasteiger partial charge in [-0.2, -0.15) is 11.8 Å². The lowest BCUT2D eigenvalue weighted by molar-refractivity contribution is -0.338. The Balaban J connectivity index is 1.20. The smallest absolute Gasteiger partial charge is 0.187 e. The molecule has 0 aliphatic carbocycles. The molecule has 0 bridgehead atoms. The van der Waals surface area contributed by atoms with E-state index in [0.717, 1.165) is 11.8 Å². The molecule has 0 radical (unpaired) electrons. The van der Waals surface area contributed by atoms with Crippen molar-refractivity contribution in [1.29, 1.82) is 0 Å². The lowest BCUT2D eigenvalue weighted by atomic mass is 9.90. The van der Waals surface area contributed by atoms with Gasteiger partial charge >= 0.3 is 0 Å². The van der Waals surface area contributed by atoms with Crippen LogP contribution in [0.5, 0.6) is 0 Å². The van der Waals surface area contributed by atoms with Gasteiger partial charge in [0.2, 0.25) is 0 Å². The van der Waals surface area contributed by atoms with Crippen LogP contribution in [0, 0.1) is 11.3 Å². The zero-order valence-electron chi connectivity index (χ0n) is 45.3. The average molecular weight is 1290 g/mol. The Morgan fingerprint density at radius 3 is 1.35 bits per heavy atom. The quantitative estimate of drug-likeness (QED) is 0.0210. The molecule has 34 heteroatoms. The number of hydrogen-bond donors (Lipinski definition) is 20. The largest absolute Gasteiger partial charge is 0.394 e. The van der Waals surface area contributed by atoms with Crippen LogP contribution in [-0.4, -0.2) is 350 Å². The molecule has 0 aromatic heterocycles. The summed E-state index contributed by atoms with van der Waals surface area (Å²) < 4.78 is 52.6. The van der Waals surface area contributed by atoms with E-state index in [1.165, 1.54) is 35.3 Å². The van der Waals surface area contributed by atoms with Gasteiger partial charge in [-0.25, -0.2) is 0 Å². The molecule has 0 aromatic carbocycles. The summed E-state index contributed by atoms with van der Waals surface area (Å²) in [5.41, 5.74) is -3.90. The molecule has 5 saturated heterocycles. The van der Waals surface area contributed by atoms with Crippen molar-refractivity contribution < 1.29 is 135 Å². The Hall–Kier alpha value is 0.0100. The Morgan fingerprint density at radius 2 is 0.890 bits per heavy atom. The highest BCUT2D eigenvalue weighted by Gasteiger charge is 2.51. The molecule has 20 N–H and O–H groups in total. The summed E-state index contributed by atoms with van der Waals surface area (Å²) in [5.74, 6) is 1.61. The van der Waals surface area contributed by atoms with Crippen molar-refractivity contribution >= 4 is 64.4 Å². The fraction of sp³-hybridized carbons (Fsp3) is 0.979.